The highest BCUT2D eigenvalue weighted by atomic mass is 79.9. The molecule has 0 radical (unpaired) electrons. The molecule has 1 aromatic heterocycles. The maximum atomic E-state index is 12.7. The minimum atomic E-state index is -0.960. The zero-order chi connectivity index (χ0) is 22.4. The lowest BCUT2D eigenvalue weighted by Gasteiger charge is -2.42. The maximum Gasteiger partial charge on any atom is 0.220 e. The Morgan fingerprint density at radius 2 is 2.06 bits per heavy atom. The number of amides is 1. The number of methoxy groups -OCH3 is 1. The number of fused-ring (bicyclic) bond motifs is 2. The molecule has 1 aliphatic rings. The summed E-state index contributed by atoms with van der Waals surface area (Å²) in [4.78, 5) is 12.7. The molecule has 172 valence electrons. The van der Waals surface area contributed by atoms with Gasteiger partial charge in [0.25, 0.3) is 0 Å². The molecule has 2 aromatic rings. The number of nitrogens with one attached hydrogen (secondary N) is 1. The van der Waals surface area contributed by atoms with Gasteiger partial charge in [0.15, 0.2) is 0 Å². The molecule has 1 amide bonds. The van der Waals surface area contributed by atoms with Crippen LogP contribution in [0.5, 0.6) is 5.75 Å². The zero-order valence-electron chi connectivity index (χ0n) is 17.8. The van der Waals surface area contributed by atoms with Crippen molar-refractivity contribution in [3.05, 3.63) is 17.7 Å². The van der Waals surface area contributed by atoms with Gasteiger partial charge < -0.3 is 29.4 Å². The molecular formula is C20H28BrN3O7. The van der Waals surface area contributed by atoms with Crippen molar-refractivity contribution in [1.82, 2.24) is 15.6 Å². The fourth-order valence-corrected chi connectivity index (χ4v) is 3.83. The van der Waals surface area contributed by atoms with Gasteiger partial charge >= 0.3 is 0 Å². The van der Waals surface area contributed by atoms with Crippen LogP contribution in [0.25, 0.3) is 11.0 Å². The molecule has 0 bridgehead atoms. The second-order valence-electron chi connectivity index (χ2n) is 7.84. The largest absolute Gasteiger partial charge is 0.485 e. The monoisotopic (exact) mass is 501 g/mol. The Hall–Kier alpha value is -1.79. The lowest BCUT2D eigenvalue weighted by atomic mass is 9.86. The number of hydrogen-bond acceptors (Lipinski definition) is 9. The highest BCUT2D eigenvalue weighted by molar-refractivity contribution is 9.09. The molecule has 10 nitrogen and oxygen atoms in total. The second kappa shape index (κ2) is 10.7. The average Bonchev–Trinajstić information content (AvgIpc) is 3.19. The minimum Gasteiger partial charge on any atom is -0.485 e. The van der Waals surface area contributed by atoms with E-state index >= 15 is 0 Å². The first-order valence-electron chi connectivity index (χ1n) is 10.0. The van der Waals surface area contributed by atoms with Crippen LogP contribution >= 0.6 is 15.9 Å². The number of carbonyl (C=O) groups is 1. The molecule has 3 atom stereocenters. The molecule has 1 aliphatic heterocycles. The Bertz CT molecular complexity index is 876. The highest BCUT2D eigenvalue weighted by Gasteiger charge is 2.44. The Balaban J connectivity index is 1.62. The van der Waals surface area contributed by atoms with Crippen molar-refractivity contribution in [3.8, 4) is 5.75 Å². The molecule has 0 saturated carbocycles. The van der Waals surface area contributed by atoms with E-state index in [-0.39, 0.29) is 25.2 Å². The Morgan fingerprint density at radius 3 is 2.77 bits per heavy atom. The number of aliphatic hydroxyl groups excluding tert-OH is 1. The van der Waals surface area contributed by atoms with E-state index < -0.39 is 17.7 Å². The van der Waals surface area contributed by atoms with Crippen LogP contribution in [-0.4, -0.2) is 71.6 Å². The summed E-state index contributed by atoms with van der Waals surface area (Å²) in [5.41, 5.74) is 0.788. The predicted molar refractivity (Wildman–Crippen MR) is 114 cm³/mol. The number of benzene rings is 1. The summed E-state index contributed by atoms with van der Waals surface area (Å²) in [6, 6.07) is 2.76. The highest BCUT2D eigenvalue weighted by Crippen LogP contribution is 2.41. The van der Waals surface area contributed by atoms with Gasteiger partial charge in [0.2, 0.25) is 5.91 Å². The molecule has 11 heteroatoms. The summed E-state index contributed by atoms with van der Waals surface area (Å²) in [6.45, 7) is 4.60. The number of alkyl halides is 1. The Morgan fingerprint density at radius 1 is 1.32 bits per heavy atom. The van der Waals surface area contributed by atoms with Crippen molar-refractivity contribution in [2.75, 3.05) is 32.4 Å². The average molecular weight is 502 g/mol. The quantitative estimate of drug-likeness (QED) is 0.270. The first-order valence-corrected chi connectivity index (χ1v) is 11.1. The third-order valence-electron chi connectivity index (χ3n) is 5.12. The van der Waals surface area contributed by atoms with Crippen LogP contribution in [0, 0.1) is 0 Å². The first-order chi connectivity index (χ1) is 14.9. The summed E-state index contributed by atoms with van der Waals surface area (Å²) in [6.07, 6.45) is -0.426. The fourth-order valence-electron chi connectivity index (χ4n) is 3.32. The van der Waals surface area contributed by atoms with Crippen LogP contribution in [0.2, 0.25) is 0 Å². The molecule has 2 N–H and O–H groups in total. The van der Waals surface area contributed by atoms with Crippen LogP contribution < -0.4 is 10.1 Å². The lowest BCUT2D eigenvalue weighted by molar-refractivity contribution is -0.127. The van der Waals surface area contributed by atoms with E-state index in [9.17, 15) is 9.90 Å². The van der Waals surface area contributed by atoms with Gasteiger partial charge in [-0.05, 0) is 36.6 Å². The van der Waals surface area contributed by atoms with Gasteiger partial charge in [0.05, 0.1) is 25.4 Å². The second-order valence-corrected chi connectivity index (χ2v) is 8.49. The van der Waals surface area contributed by atoms with Crippen molar-refractivity contribution in [2.24, 2.45) is 0 Å². The molecule has 0 spiro atoms. The van der Waals surface area contributed by atoms with E-state index in [0.29, 0.717) is 47.3 Å². The summed E-state index contributed by atoms with van der Waals surface area (Å²) < 4.78 is 26.6. The van der Waals surface area contributed by atoms with E-state index in [4.69, 9.17) is 23.6 Å². The van der Waals surface area contributed by atoms with Crippen molar-refractivity contribution < 1.29 is 33.5 Å². The van der Waals surface area contributed by atoms with Crippen molar-refractivity contribution in [1.29, 1.82) is 0 Å². The molecule has 0 fully saturated rings. The summed E-state index contributed by atoms with van der Waals surface area (Å²) in [5, 5.41) is 22.0. The molecule has 0 aliphatic carbocycles. The van der Waals surface area contributed by atoms with Crippen LogP contribution in [0.4, 0.5) is 0 Å². The topological polar surface area (TPSA) is 125 Å². The first kappa shape index (κ1) is 23.9. The summed E-state index contributed by atoms with van der Waals surface area (Å²) >= 11 is 3.40. The van der Waals surface area contributed by atoms with E-state index in [1.165, 1.54) is 0 Å². The molecule has 2 heterocycles. The van der Waals surface area contributed by atoms with Gasteiger partial charge in [0.1, 0.15) is 35.3 Å². The standard InChI is InChI=1S/C20H28BrN3O7/c1-20(2)19(26)18(13-8-14-15(24-31-23-14)9-16(13)30-20)22-17(25)5-4-12(10-21)29-11-28-7-6-27-3/h8-9,12,18-19,26H,4-7,10-11H2,1-3H3,(H,22,25)/t12-,18?,19?/m1/s1. The van der Waals surface area contributed by atoms with Gasteiger partial charge in [-0.2, -0.15) is 0 Å². The van der Waals surface area contributed by atoms with Gasteiger partial charge in [-0.25, -0.2) is 4.63 Å². The molecule has 2 unspecified atom stereocenters. The predicted octanol–water partition coefficient (Wildman–Crippen LogP) is 2.09. The van der Waals surface area contributed by atoms with E-state index in [0.717, 1.165) is 0 Å². The number of carbonyl (C=O) groups excluding carboxylic acids is 1. The van der Waals surface area contributed by atoms with Crippen LogP contribution in [0.1, 0.15) is 38.3 Å². The van der Waals surface area contributed by atoms with Gasteiger partial charge in [-0.1, -0.05) is 15.9 Å². The number of halogens is 1. The van der Waals surface area contributed by atoms with Crippen LogP contribution in [0.15, 0.2) is 16.8 Å². The van der Waals surface area contributed by atoms with Crippen LogP contribution in [0.3, 0.4) is 0 Å². The lowest BCUT2D eigenvalue weighted by Crippen LogP contribution is -2.53. The van der Waals surface area contributed by atoms with Gasteiger partial charge in [-0.15, -0.1) is 0 Å². The normalized spacial score (nSPS) is 20.8. The third kappa shape index (κ3) is 5.92. The van der Waals surface area contributed by atoms with E-state index in [1.807, 2.05) is 0 Å². The van der Waals surface area contributed by atoms with Crippen LogP contribution in [-0.2, 0) is 19.0 Å². The molecule has 0 saturated heterocycles. The van der Waals surface area contributed by atoms with Crippen molar-refractivity contribution in [3.63, 3.8) is 0 Å². The Labute approximate surface area is 188 Å². The summed E-state index contributed by atoms with van der Waals surface area (Å²) in [7, 11) is 1.60. The molecule has 3 rings (SSSR count). The van der Waals surface area contributed by atoms with Gasteiger partial charge in [-0.3, -0.25) is 4.79 Å². The number of aliphatic hydroxyl groups is 1. The van der Waals surface area contributed by atoms with E-state index in [2.05, 4.69) is 31.6 Å². The van der Waals surface area contributed by atoms with Crippen molar-refractivity contribution in [2.45, 2.75) is 50.5 Å². The smallest absolute Gasteiger partial charge is 0.220 e. The number of aromatic nitrogens is 2. The third-order valence-corrected chi connectivity index (χ3v) is 5.84. The maximum absolute atomic E-state index is 12.7. The fraction of sp³-hybridized carbons (Fsp3) is 0.650. The van der Waals surface area contributed by atoms with E-state index in [1.54, 1.807) is 33.1 Å². The molecular weight excluding hydrogens is 474 g/mol. The number of ether oxygens (including phenoxy) is 4. The SMILES string of the molecule is COCCOCO[C@@H](CBr)CCC(=O)NC1c2cc3nonc3cc2OC(C)(C)C1O. The number of hydrogen-bond donors (Lipinski definition) is 2. The molecule has 31 heavy (non-hydrogen) atoms. The minimum absolute atomic E-state index is 0.128. The number of rotatable bonds is 11. The Kier molecular flexibility index (Phi) is 8.23. The molecule has 1 aromatic carbocycles. The van der Waals surface area contributed by atoms with Crippen molar-refractivity contribution >= 4 is 32.9 Å². The zero-order valence-corrected chi connectivity index (χ0v) is 19.4. The summed E-state index contributed by atoms with van der Waals surface area (Å²) in [5.74, 6) is 0.319. The van der Waals surface area contributed by atoms with Gasteiger partial charge in [0, 0.05) is 30.5 Å². The number of nitrogens with zero attached hydrogens (tertiary/aromatic N) is 2.